The van der Waals surface area contributed by atoms with Crippen molar-refractivity contribution in [1.82, 2.24) is 20.6 Å². The van der Waals surface area contributed by atoms with E-state index in [1.54, 1.807) is 18.4 Å². The first-order chi connectivity index (χ1) is 18.1. The molecule has 1 aliphatic rings. The molecule has 0 aliphatic heterocycles. The lowest BCUT2D eigenvalue weighted by molar-refractivity contribution is -0.140. The van der Waals surface area contributed by atoms with Crippen molar-refractivity contribution in [3.8, 4) is 17.2 Å². The van der Waals surface area contributed by atoms with E-state index >= 15 is 0 Å². The maximum atomic E-state index is 13.3. The van der Waals surface area contributed by atoms with Gasteiger partial charge in [-0.3, -0.25) is 4.79 Å². The minimum absolute atomic E-state index is 0.00236. The topological polar surface area (TPSA) is 128 Å². The van der Waals surface area contributed by atoms with Crippen LogP contribution in [0.25, 0.3) is 22.4 Å². The number of halogens is 3. The molecule has 12 heteroatoms. The Labute approximate surface area is 216 Å². The third-order valence-electron chi connectivity index (χ3n) is 6.03. The molecule has 4 N–H and O–H groups in total. The highest BCUT2D eigenvalue weighted by Crippen LogP contribution is 2.38. The molecule has 0 bridgehead atoms. The van der Waals surface area contributed by atoms with Crippen LogP contribution in [0.2, 0.25) is 0 Å². The van der Waals surface area contributed by atoms with Crippen LogP contribution >= 0.6 is 0 Å². The summed E-state index contributed by atoms with van der Waals surface area (Å²) in [6.07, 6.45) is 2.09. The first-order valence-corrected chi connectivity index (χ1v) is 11.8. The van der Waals surface area contributed by atoms with Crippen LogP contribution in [-0.4, -0.2) is 41.3 Å². The molecule has 2 aromatic heterocycles. The van der Waals surface area contributed by atoms with Gasteiger partial charge in [-0.2, -0.15) is 13.2 Å². The fraction of sp³-hybridized carbons (Fsp3) is 0.308. The average Bonchev–Trinajstić information content (AvgIpc) is 3.52. The lowest BCUT2D eigenvalue weighted by atomic mass is 10.1. The minimum atomic E-state index is -4.63. The van der Waals surface area contributed by atoms with E-state index in [2.05, 4.69) is 32.2 Å². The van der Waals surface area contributed by atoms with Crippen LogP contribution in [0.5, 0.6) is 5.75 Å². The van der Waals surface area contributed by atoms with Crippen molar-refractivity contribution in [3.63, 3.8) is 0 Å². The Balaban J connectivity index is 1.60. The Morgan fingerprint density at radius 2 is 2.05 bits per heavy atom. The number of amides is 1. The molecule has 0 radical (unpaired) electrons. The molecule has 0 spiro atoms. The van der Waals surface area contributed by atoms with Crippen molar-refractivity contribution in [3.05, 3.63) is 66.0 Å². The monoisotopic (exact) mass is 528 g/mol. The first-order valence-electron chi connectivity index (χ1n) is 11.8. The number of hydrogen-bond donors (Lipinski definition) is 3. The molecule has 200 valence electrons. The van der Waals surface area contributed by atoms with Crippen LogP contribution in [0.1, 0.15) is 41.7 Å². The van der Waals surface area contributed by atoms with E-state index in [0.29, 0.717) is 23.3 Å². The Kier molecular flexibility index (Phi) is 7.53. The van der Waals surface area contributed by atoms with Crippen LogP contribution in [0.3, 0.4) is 0 Å². The summed E-state index contributed by atoms with van der Waals surface area (Å²) in [6.45, 7) is 6.02. The van der Waals surface area contributed by atoms with E-state index < -0.39 is 23.3 Å². The number of nitrogens with one attached hydrogen (secondary N) is 2. The number of nitrogens with two attached hydrogens (primary N) is 1. The van der Waals surface area contributed by atoms with Gasteiger partial charge in [0.15, 0.2) is 11.5 Å². The largest absolute Gasteiger partial charge is 0.494 e. The Hall–Kier alpha value is -4.19. The molecule has 9 nitrogen and oxygen atoms in total. The van der Waals surface area contributed by atoms with Gasteiger partial charge in [-0.05, 0) is 50.1 Å². The average molecular weight is 529 g/mol. The number of benzene rings is 1. The number of carbonyl (C=O) groups is 1. The Bertz CT molecular complexity index is 1420. The van der Waals surface area contributed by atoms with Crippen molar-refractivity contribution in [1.29, 1.82) is 0 Å². The van der Waals surface area contributed by atoms with Crippen molar-refractivity contribution < 1.29 is 27.1 Å². The number of aliphatic imine (C=N–C) groups is 1. The van der Waals surface area contributed by atoms with Crippen molar-refractivity contribution >= 4 is 23.0 Å². The third-order valence-corrected chi connectivity index (χ3v) is 6.03. The number of methoxy groups -OCH3 is 1. The number of fused-ring (bicyclic) bond motifs is 1. The van der Waals surface area contributed by atoms with Crippen molar-refractivity contribution in [2.75, 3.05) is 13.7 Å². The van der Waals surface area contributed by atoms with Gasteiger partial charge in [0.05, 0.1) is 19.2 Å². The zero-order valence-electron chi connectivity index (χ0n) is 20.9. The van der Waals surface area contributed by atoms with Gasteiger partial charge in [-0.25, -0.2) is 15.0 Å². The van der Waals surface area contributed by atoms with Crippen LogP contribution < -0.4 is 21.1 Å². The zero-order valence-corrected chi connectivity index (χ0v) is 20.9. The zero-order chi connectivity index (χ0) is 27.5. The number of rotatable bonds is 10. The van der Waals surface area contributed by atoms with Gasteiger partial charge >= 0.3 is 6.18 Å². The standard InChI is InChI=1S/C26H27F3N6O3/c1-4-5-12-31-15(2)32-14-25(10-11-25)35-23(36)22-19(13-30)38-24(34-22)17-6-8-18(37-3)21-16(17)7-9-20(33-21)26(27,28)29/h4-9,12,32H,2,10-11,13-14,30H2,1,3H3,(H,35,36)/b5-4-,31-12?. The summed E-state index contributed by atoms with van der Waals surface area (Å²) in [4.78, 5) is 25.4. The maximum Gasteiger partial charge on any atom is 0.433 e. The molecular weight excluding hydrogens is 501 g/mol. The van der Waals surface area contributed by atoms with Gasteiger partial charge in [0.2, 0.25) is 5.89 Å². The van der Waals surface area contributed by atoms with E-state index in [-0.39, 0.29) is 35.2 Å². The molecule has 38 heavy (non-hydrogen) atoms. The predicted octanol–water partition coefficient (Wildman–Crippen LogP) is 4.35. The number of ether oxygens (including phenoxy) is 1. The van der Waals surface area contributed by atoms with E-state index in [4.69, 9.17) is 14.9 Å². The summed E-state index contributed by atoms with van der Waals surface area (Å²) in [7, 11) is 1.34. The van der Waals surface area contributed by atoms with Crippen molar-refractivity contribution in [2.24, 2.45) is 10.7 Å². The summed E-state index contributed by atoms with van der Waals surface area (Å²) >= 11 is 0. The Morgan fingerprint density at radius 1 is 1.29 bits per heavy atom. The lowest BCUT2D eigenvalue weighted by Gasteiger charge is -2.18. The smallest absolute Gasteiger partial charge is 0.433 e. The third kappa shape index (κ3) is 5.70. The molecule has 1 amide bonds. The minimum Gasteiger partial charge on any atom is -0.494 e. The summed E-state index contributed by atoms with van der Waals surface area (Å²) in [5, 5.41) is 6.39. The van der Waals surface area contributed by atoms with Gasteiger partial charge in [-0.1, -0.05) is 12.7 Å². The fourth-order valence-corrected chi connectivity index (χ4v) is 3.82. The van der Waals surface area contributed by atoms with Gasteiger partial charge in [0, 0.05) is 23.7 Å². The number of nitrogens with zero attached hydrogens (tertiary/aromatic N) is 3. The molecular formula is C26H27F3N6O3. The second-order valence-corrected chi connectivity index (χ2v) is 8.74. The molecule has 2 heterocycles. The fourth-order valence-electron chi connectivity index (χ4n) is 3.82. The summed E-state index contributed by atoms with van der Waals surface area (Å²) in [6, 6.07) is 5.18. The van der Waals surface area contributed by atoms with Crippen LogP contribution in [0.15, 0.2) is 58.2 Å². The number of carbonyl (C=O) groups excluding carboxylic acids is 1. The lowest BCUT2D eigenvalue weighted by Crippen LogP contribution is -2.44. The van der Waals surface area contributed by atoms with E-state index in [1.807, 2.05) is 13.0 Å². The molecule has 3 aromatic rings. The van der Waals surface area contributed by atoms with Crippen molar-refractivity contribution in [2.45, 2.75) is 38.0 Å². The highest BCUT2D eigenvalue weighted by atomic mass is 19.4. The molecule has 1 aliphatic carbocycles. The van der Waals surface area contributed by atoms with Gasteiger partial charge in [-0.15, -0.1) is 0 Å². The summed E-state index contributed by atoms with van der Waals surface area (Å²) in [5.41, 5.74) is 4.60. The highest BCUT2D eigenvalue weighted by Gasteiger charge is 2.45. The van der Waals surface area contributed by atoms with Crippen LogP contribution in [0, 0.1) is 0 Å². The molecule has 0 saturated heterocycles. The summed E-state index contributed by atoms with van der Waals surface area (Å²) < 4.78 is 50.8. The van der Waals surface area contributed by atoms with Gasteiger partial charge in [0.1, 0.15) is 22.8 Å². The predicted molar refractivity (Wildman–Crippen MR) is 137 cm³/mol. The first kappa shape index (κ1) is 26.9. The number of hydrogen-bond acceptors (Lipinski definition) is 8. The number of pyridine rings is 1. The molecule has 1 aromatic carbocycles. The molecule has 4 rings (SSSR count). The van der Waals surface area contributed by atoms with Crippen LogP contribution in [0.4, 0.5) is 13.2 Å². The highest BCUT2D eigenvalue weighted by molar-refractivity contribution is 5.98. The summed E-state index contributed by atoms with van der Waals surface area (Å²) in [5.74, 6) is 0.310. The molecule has 0 atom stereocenters. The van der Waals surface area contributed by atoms with Crippen LogP contribution in [-0.2, 0) is 12.7 Å². The SMILES string of the molecule is C=C(N=C/C=C\C)NCC1(NC(=O)c2nc(-c3ccc(OC)c4nc(C(F)(F)F)ccc34)oc2CN)CC1. The number of alkyl halides is 3. The number of oxazole rings is 1. The number of aromatic nitrogens is 2. The van der Waals surface area contributed by atoms with E-state index in [9.17, 15) is 18.0 Å². The Morgan fingerprint density at radius 3 is 2.68 bits per heavy atom. The molecule has 1 fully saturated rings. The van der Waals surface area contributed by atoms with Gasteiger partial charge in [0.25, 0.3) is 5.91 Å². The quantitative estimate of drug-likeness (QED) is 0.334. The van der Waals surface area contributed by atoms with Gasteiger partial charge < -0.3 is 25.5 Å². The second-order valence-electron chi connectivity index (χ2n) is 8.74. The maximum absolute atomic E-state index is 13.3. The molecule has 0 unspecified atom stereocenters. The number of allylic oxidation sites excluding steroid dienone is 2. The van der Waals surface area contributed by atoms with E-state index in [0.717, 1.165) is 18.9 Å². The molecule has 1 saturated carbocycles. The second kappa shape index (κ2) is 10.7. The normalized spacial score (nSPS) is 14.8. The van der Waals surface area contributed by atoms with E-state index in [1.165, 1.54) is 19.2 Å².